The molecule has 5 N–H and O–H groups in total. The lowest BCUT2D eigenvalue weighted by Crippen LogP contribution is -2.54. The molecule has 0 radical (unpaired) electrons. The third kappa shape index (κ3) is 7.08. The Kier molecular flexibility index (Phi) is 10.4. The summed E-state index contributed by atoms with van der Waals surface area (Å²) in [7, 11) is 0. The molecule has 1 heterocycles. The number of hydrogen-bond donors (Lipinski definition) is 4. The number of hydrogen-bond acceptors (Lipinski definition) is 7. The monoisotopic (exact) mass is 396 g/mol. The Morgan fingerprint density at radius 2 is 1.89 bits per heavy atom. The molecule has 1 aliphatic rings. The van der Waals surface area contributed by atoms with Crippen LogP contribution in [-0.2, 0) is 9.47 Å². The molecule has 1 aliphatic heterocycles. The number of benzene rings is 1. The number of ether oxygens (including phenoxy) is 2. The molecular formula is C21H36N2O5. The number of aliphatic hydroxyl groups excluding tert-OH is 3. The first-order valence-corrected chi connectivity index (χ1v) is 10.4. The summed E-state index contributed by atoms with van der Waals surface area (Å²) in [6.45, 7) is 4.46. The number of nitrogens with two attached hydrogens (primary N) is 1. The van der Waals surface area contributed by atoms with Crippen LogP contribution in [0, 0.1) is 0 Å². The van der Waals surface area contributed by atoms with Crippen molar-refractivity contribution in [2.24, 2.45) is 5.73 Å². The van der Waals surface area contributed by atoms with Gasteiger partial charge in [-0.2, -0.15) is 0 Å². The number of rotatable bonds is 12. The highest BCUT2D eigenvalue weighted by Gasteiger charge is 2.39. The lowest BCUT2D eigenvalue weighted by Gasteiger charge is -2.38. The summed E-state index contributed by atoms with van der Waals surface area (Å²) in [5, 5.41) is 31.5. The molecule has 1 fully saturated rings. The van der Waals surface area contributed by atoms with Gasteiger partial charge in [0.25, 0.3) is 0 Å². The van der Waals surface area contributed by atoms with E-state index in [0.717, 1.165) is 24.9 Å². The van der Waals surface area contributed by atoms with Crippen LogP contribution in [0.3, 0.4) is 0 Å². The van der Waals surface area contributed by atoms with Crippen LogP contribution in [0.25, 0.3) is 0 Å². The van der Waals surface area contributed by atoms with Crippen LogP contribution < -0.4 is 5.73 Å². The molecule has 160 valence electrons. The van der Waals surface area contributed by atoms with Gasteiger partial charge in [-0.1, -0.05) is 56.5 Å². The molecule has 0 amide bonds. The molecule has 28 heavy (non-hydrogen) atoms. The van der Waals surface area contributed by atoms with Gasteiger partial charge < -0.3 is 30.5 Å². The van der Waals surface area contributed by atoms with Crippen molar-refractivity contribution in [3.8, 4) is 0 Å². The van der Waals surface area contributed by atoms with E-state index in [-0.39, 0.29) is 13.2 Å². The van der Waals surface area contributed by atoms with Crippen LogP contribution in [-0.4, -0.2) is 77.4 Å². The zero-order chi connectivity index (χ0) is 20.4. The maximum Gasteiger partial charge on any atom is 0.184 e. The highest BCUT2D eigenvalue weighted by molar-refractivity contribution is 5.16. The van der Waals surface area contributed by atoms with Gasteiger partial charge in [0.2, 0.25) is 0 Å². The van der Waals surface area contributed by atoms with Crippen LogP contribution in [0.15, 0.2) is 30.3 Å². The summed E-state index contributed by atoms with van der Waals surface area (Å²) in [5.41, 5.74) is 6.50. The number of nitrogens with zero attached hydrogens (tertiary/aromatic N) is 1. The smallest absolute Gasteiger partial charge is 0.184 e. The van der Waals surface area contributed by atoms with E-state index in [1.54, 1.807) is 0 Å². The maximum absolute atomic E-state index is 10.7. The van der Waals surface area contributed by atoms with E-state index in [4.69, 9.17) is 15.2 Å². The van der Waals surface area contributed by atoms with E-state index in [2.05, 4.69) is 11.8 Å². The summed E-state index contributed by atoms with van der Waals surface area (Å²) in [6, 6.07) is 9.36. The number of aliphatic hydroxyl groups is 3. The van der Waals surface area contributed by atoms with Crippen LogP contribution in [0.5, 0.6) is 0 Å². The fourth-order valence-electron chi connectivity index (χ4n) is 3.48. The van der Waals surface area contributed by atoms with Gasteiger partial charge in [0.1, 0.15) is 18.3 Å². The minimum absolute atomic E-state index is 0.0392. The van der Waals surface area contributed by atoms with Crippen molar-refractivity contribution < 1.29 is 24.8 Å². The number of unbranched alkanes of at least 4 members (excludes halogenated alkanes) is 3. The van der Waals surface area contributed by atoms with Gasteiger partial charge in [0.05, 0.1) is 12.7 Å². The topological polar surface area (TPSA) is 108 Å². The quantitative estimate of drug-likeness (QED) is 0.391. The average molecular weight is 397 g/mol. The molecule has 5 unspecified atom stereocenters. The zero-order valence-electron chi connectivity index (χ0n) is 16.8. The highest BCUT2D eigenvalue weighted by Crippen LogP contribution is 2.28. The largest absolute Gasteiger partial charge is 0.389 e. The minimum atomic E-state index is -1.22. The molecule has 5 atom stereocenters. The molecule has 0 aromatic heterocycles. The van der Waals surface area contributed by atoms with E-state index >= 15 is 0 Å². The van der Waals surface area contributed by atoms with Crippen molar-refractivity contribution in [1.29, 1.82) is 0 Å². The summed E-state index contributed by atoms with van der Waals surface area (Å²) in [6.07, 6.45) is -0.353. The lowest BCUT2D eigenvalue weighted by atomic mass is 10.0. The van der Waals surface area contributed by atoms with Gasteiger partial charge in [0.15, 0.2) is 6.29 Å². The normalized spacial score (nSPS) is 25.0. The van der Waals surface area contributed by atoms with Gasteiger partial charge >= 0.3 is 0 Å². The van der Waals surface area contributed by atoms with Crippen molar-refractivity contribution in [2.45, 2.75) is 63.3 Å². The fourth-order valence-corrected chi connectivity index (χ4v) is 3.48. The SMILES string of the molecule is CCCCCCN(CCN)CC(O)C(O)C1OC(c2ccccc2)OCC1O. The molecular weight excluding hydrogens is 360 g/mol. The predicted octanol–water partition coefficient (Wildman–Crippen LogP) is 1.02. The van der Waals surface area contributed by atoms with Crippen molar-refractivity contribution >= 4 is 0 Å². The van der Waals surface area contributed by atoms with Crippen molar-refractivity contribution in [1.82, 2.24) is 4.90 Å². The first-order chi connectivity index (χ1) is 13.6. The second-order valence-electron chi connectivity index (χ2n) is 7.45. The van der Waals surface area contributed by atoms with Crippen molar-refractivity contribution in [2.75, 3.05) is 32.8 Å². The minimum Gasteiger partial charge on any atom is -0.389 e. The summed E-state index contributed by atoms with van der Waals surface area (Å²) in [5.74, 6) is 0. The van der Waals surface area contributed by atoms with Crippen LogP contribution in [0.2, 0.25) is 0 Å². The van der Waals surface area contributed by atoms with E-state index in [0.29, 0.717) is 13.1 Å². The van der Waals surface area contributed by atoms with E-state index in [1.807, 2.05) is 30.3 Å². The third-order valence-electron chi connectivity index (χ3n) is 5.10. The second-order valence-corrected chi connectivity index (χ2v) is 7.45. The highest BCUT2D eigenvalue weighted by atomic mass is 16.7. The van der Waals surface area contributed by atoms with Gasteiger partial charge in [0, 0.05) is 25.2 Å². The molecule has 1 saturated heterocycles. The van der Waals surface area contributed by atoms with Gasteiger partial charge in [-0.25, -0.2) is 0 Å². The zero-order valence-corrected chi connectivity index (χ0v) is 16.8. The Morgan fingerprint density at radius 1 is 1.14 bits per heavy atom. The second kappa shape index (κ2) is 12.5. The molecule has 0 bridgehead atoms. The molecule has 1 aromatic carbocycles. The molecule has 0 saturated carbocycles. The van der Waals surface area contributed by atoms with Crippen LogP contribution in [0.4, 0.5) is 0 Å². The van der Waals surface area contributed by atoms with Gasteiger partial charge in [-0.15, -0.1) is 0 Å². The van der Waals surface area contributed by atoms with E-state index in [9.17, 15) is 15.3 Å². The first kappa shape index (κ1) is 23.2. The fraction of sp³-hybridized carbons (Fsp3) is 0.714. The summed E-state index contributed by atoms with van der Waals surface area (Å²) >= 11 is 0. The van der Waals surface area contributed by atoms with E-state index < -0.39 is 30.7 Å². The van der Waals surface area contributed by atoms with Gasteiger partial charge in [-0.3, -0.25) is 4.90 Å². The Hall–Kier alpha value is -1.06. The lowest BCUT2D eigenvalue weighted by molar-refractivity contribution is -0.283. The Bertz CT molecular complexity index is 533. The van der Waals surface area contributed by atoms with Crippen LogP contribution in [0.1, 0.15) is 44.5 Å². The summed E-state index contributed by atoms with van der Waals surface area (Å²) < 4.78 is 11.3. The van der Waals surface area contributed by atoms with E-state index in [1.165, 1.54) is 12.8 Å². The van der Waals surface area contributed by atoms with Crippen molar-refractivity contribution in [3.05, 3.63) is 35.9 Å². The standard InChI is InChI=1S/C21H36N2O5/c1-2-3-4-8-12-23(13-11-22)14-17(24)19(26)20-18(25)15-27-21(28-20)16-9-6-5-7-10-16/h5-7,9-10,17-21,24-26H,2-4,8,11-15,22H2,1H3. The molecule has 2 rings (SSSR count). The molecule has 0 aliphatic carbocycles. The van der Waals surface area contributed by atoms with Crippen LogP contribution >= 0.6 is 0 Å². The first-order valence-electron chi connectivity index (χ1n) is 10.4. The molecule has 7 heteroatoms. The molecule has 0 spiro atoms. The average Bonchev–Trinajstić information content (AvgIpc) is 2.71. The Balaban J connectivity index is 1.92. The molecule has 7 nitrogen and oxygen atoms in total. The van der Waals surface area contributed by atoms with Gasteiger partial charge in [-0.05, 0) is 13.0 Å². The summed E-state index contributed by atoms with van der Waals surface area (Å²) in [4.78, 5) is 2.06. The van der Waals surface area contributed by atoms with Crippen molar-refractivity contribution in [3.63, 3.8) is 0 Å². The Labute approximate surface area is 168 Å². The molecule has 1 aromatic rings. The predicted molar refractivity (Wildman–Crippen MR) is 108 cm³/mol. The third-order valence-corrected chi connectivity index (χ3v) is 5.10. The Morgan fingerprint density at radius 3 is 2.57 bits per heavy atom. The maximum atomic E-state index is 10.7.